The maximum atomic E-state index is 10.9. The Balaban J connectivity index is 2.22. The molecule has 0 radical (unpaired) electrons. The van der Waals surface area contributed by atoms with Crippen LogP contribution in [0.15, 0.2) is 55.6 Å². The molecular formula is C12H9N5O2. The van der Waals surface area contributed by atoms with Crippen LogP contribution in [0.5, 0.6) is 0 Å². The number of aromatic nitrogens is 4. The molecule has 0 saturated carbocycles. The first-order valence-electron chi connectivity index (χ1n) is 5.51. The molecule has 1 aromatic carbocycles. The lowest BCUT2D eigenvalue weighted by molar-refractivity contribution is -0.384. The maximum absolute atomic E-state index is 10.9. The van der Waals surface area contributed by atoms with E-state index >= 15 is 0 Å². The third-order valence-corrected chi connectivity index (χ3v) is 2.73. The van der Waals surface area contributed by atoms with Crippen molar-refractivity contribution in [3.63, 3.8) is 0 Å². The van der Waals surface area contributed by atoms with Gasteiger partial charge in [0.05, 0.1) is 29.0 Å². The number of nitro benzene ring substituents is 1. The molecular weight excluding hydrogens is 246 g/mol. The second-order valence-electron chi connectivity index (χ2n) is 3.87. The number of benzene rings is 1. The molecule has 2 aromatic heterocycles. The van der Waals surface area contributed by atoms with Gasteiger partial charge in [0.25, 0.3) is 5.69 Å². The predicted octanol–water partition coefficient (Wildman–Crippen LogP) is 1.97. The van der Waals surface area contributed by atoms with Gasteiger partial charge in [0, 0.05) is 36.9 Å². The Labute approximate surface area is 107 Å². The fourth-order valence-electron chi connectivity index (χ4n) is 1.85. The minimum atomic E-state index is -0.419. The van der Waals surface area contributed by atoms with E-state index in [0.717, 1.165) is 5.69 Å². The van der Waals surface area contributed by atoms with Crippen molar-refractivity contribution in [3.05, 3.63) is 65.8 Å². The molecule has 3 rings (SSSR count). The summed E-state index contributed by atoms with van der Waals surface area (Å²) >= 11 is 0. The van der Waals surface area contributed by atoms with E-state index in [9.17, 15) is 10.1 Å². The molecule has 2 heterocycles. The largest absolute Gasteiger partial charge is 0.304 e. The van der Waals surface area contributed by atoms with Crippen LogP contribution in [-0.4, -0.2) is 24.0 Å². The summed E-state index contributed by atoms with van der Waals surface area (Å²) in [6.45, 7) is 0. The normalized spacial score (nSPS) is 10.5. The van der Waals surface area contributed by atoms with Crippen molar-refractivity contribution >= 4 is 5.69 Å². The van der Waals surface area contributed by atoms with Crippen LogP contribution in [0.4, 0.5) is 5.69 Å². The van der Waals surface area contributed by atoms with Gasteiger partial charge in [-0.2, -0.15) is 0 Å². The summed E-state index contributed by atoms with van der Waals surface area (Å²) in [6.07, 6.45) is 10.0. The van der Waals surface area contributed by atoms with Gasteiger partial charge in [0.15, 0.2) is 0 Å². The Morgan fingerprint density at radius 1 is 1.00 bits per heavy atom. The van der Waals surface area contributed by atoms with E-state index in [1.807, 2.05) is 0 Å². The maximum Gasteiger partial charge on any atom is 0.271 e. The molecule has 7 heteroatoms. The van der Waals surface area contributed by atoms with Gasteiger partial charge in [-0.15, -0.1) is 0 Å². The summed E-state index contributed by atoms with van der Waals surface area (Å²) in [4.78, 5) is 18.4. The Morgan fingerprint density at radius 2 is 1.63 bits per heavy atom. The third-order valence-electron chi connectivity index (χ3n) is 2.73. The Hall–Kier alpha value is -2.96. The highest BCUT2D eigenvalue weighted by Gasteiger charge is 2.13. The molecule has 7 nitrogen and oxygen atoms in total. The van der Waals surface area contributed by atoms with Gasteiger partial charge < -0.3 is 9.13 Å². The Kier molecular flexibility index (Phi) is 2.57. The molecule has 0 unspecified atom stereocenters. The van der Waals surface area contributed by atoms with Crippen LogP contribution in [0.25, 0.3) is 11.4 Å². The van der Waals surface area contributed by atoms with E-state index in [0.29, 0.717) is 5.69 Å². The molecule has 0 amide bonds. The molecule has 0 aliphatic carbocycles. The summed E-state index contributed by atoms with van der Waals surface area (Å²) in [5, 5.41) is 10.9. The fraction of sp³-hybridized carbons (Fsp3) is 0. The minimum absolute atomic E-state index is 0.0348. The highest BCUT2D eigenvalue weighted by atomic mass is 16.6. The fourth-order valence-corrected chi connectivity index (χ4v) is 1.85. The molecule has 0 aliphatic rings. The first-order valence-corrected chi connectivity index (χ1v) is 5.51. The highest BCUT2D eigenvalue weighted by Crippen LogP contribution is 2.24. The molecule has 0 atom stereocenters. The van der Waals surface area contributed by atoms with E-state index in [1.165, 1.54) is 12.1 Å². The monoisotopic (exact) mass is 255 g/mol. The van der Waals surface area contributed by atoms with Crippen LogP contribution in [0, 0.1) is 10.1 Å². The molecule has 94 valence electrons. The zero-order chi connectivity index (χ0) is 13.2. The van der Waals surface area contributed by atoms with Gasteiger partial charge in [0.2, 0.25) is 0 Å². The number of hydrogen-bond donors (Lipinski definition) is 0. The first-order chi connectivity index (χ1) is 9.25. The number of nitro groups is 1. The predicted molar refractivity (Wildman–Crippen MR) is 67.3 cm³/mol. The van der Waals surface area contributed by atoms with Crippen LogP contribution >= 0.6 is 0 Å². The van der Waals surface area contributed by atoms with Crippen molar-refractivity contribution in [2.75, 3.05) is 0 Å². The van der Waals surface area contributed by atoms with Gasteiger partial charge in [-0.05, 0) is 6.07 Å². The average molecular weight is 255 g/mol. The molecule has 3 aromatic rings. The third kappa shape index (κ3) is 1.97. The van der Waals surface area contributed by atoms with Crippen LogP contribution in [-0.2, 0) is 0 Å². The molecule has 0 spiro atoms. The van der Waals surface area contributed by atoms with Crippen molar-refractivity contribution < 1.29 is 4.92 Å². The Morgan fingerprint density at radius 3 is 2.16 bits per heavy atom. The molecule has 19 heavy (non-hydrogen) atoms. The van der Waals surface area contributed by atoms with E-state index in [1.54, 1.807) is 52.6 Å². The standard InChI is InChI=1S/C12H9N5O2/c18-17(19)10-1-2-11(15-5-3-13-8-15)12(7-10)16-6-4-14-9-16/h1-9H. The van der Waals surface area contributed by atoms with Gasteiger partial charge >= 0.3 is 0 Å². The zero-order valence-corrected chi connectivity index (χ0v) is 9.75. The summed E-state index contributed by atoms with van der Waals surface area (Å²) in [5.41, 5.74) is 1.50. The van der Waals surface area contributed by atoms with Gasteiger partial charge in [-0.25, -0.2) is 9.97 Å². The molecule has 0 N–H and O–H groups in total. The van der Waals surface area contributed by atoms with Crippen molar-refractivity contribution in [2.45, 2.75) is 0 Å². The zero-order valence-electron chi connectivity index (χ0n) is 9.75. The lowest BCUT2D eigenvalue weighted by Gasteiger charge is -2.10. The van der Waals surface area contributed by atoms with Crippen molar-refractivity contribution in [1.82, 2.24) is 19.1 Å². The minimum Gasteiger partial charge on any atom is -0.304 e. The van der Waals surface area contributed by atoms with Crippen LogP contribution in [0.3, 0.4) is 0 Å². The van der Waals surface area contributed by atoms with Gasteiger partial charge in [-0.1, -0.05) is 0 Å². The number of hydrogen-bond acceptors (Lipinski definition) is 4. The summed E-state index contributed by atoms with van der Waals surface area (Å²) in [5.74, 6) is 0. The topological polar surface area (TPSA) is 78.8 Å². The lowest BCUT2D eigenvalue weighted by atomic mass is 10.2. The summed E-state index contributed by atoms with van der Waals surface area (Å²) < 4.78 is 3.52. The molecule has 0 fully saturated rings. The first kappa shape index (κ1) is 11.1. The van der Waals surface area contributed by atoms with Crippen molar-refractivity contribution in [3.8, 4) is 11.4 Å². The van der Waals surface area contributed by atoms with Crippen LogP contribution < -0.4 is 0 Å². The van der Waals surface area contributed by atoms with Gasteiger partial charge in [-0.3, -0.25) is 10.1 Å². The summed E-state index contributed by atoms with van der Waals surface area (Å²) in [6, 6.07) is 4.67. The highest BCUT2D eigenvalue weighted by molar-refractivity contribution is 5.57. The lowest BCUT2D eigenvalue weighted by Crippen LogP contribution is -2.01. The van der Waals surface area contributed by atoms with E-state index in [2.05, 4.69) is 9.97 Å². The molecule has 0 saturated heterocycles. The van der Waals surface area contributed by atoms with Crippen LogP contribution in [0.1, 0.15) is 0 Å². The number of rotatable bonds is 3. The van der Waals surface area contributed by atoms with E-state index in [4.69, 9.17) is 0 Å². The number of nitrogens with zero attached hydrogens (tertiary/aromatic N) is 5. The van der Waals surface area contributed by atoms with Crippen LogP contribution in [0.2, 0.25) is 0 Å². The van der Waals surface area contributed by atoms with Crippen molar-refractivity contribution in [1.29, 1.82) is 0 Å². The Bertz CT molecular complexity index is 704. The SMILES string of the molecule is O=[N+]([O-])c1ccc(-n2ccnc2)c(-n2ccnc2)c1. The number of imidazole rings is 2. The second kappa shape index (κ2) is 4.37. The quantitative estimate of drug-likeness (QED) is 0.529. The average Bonchev–Trinajstić information content (AvgIpc) is 3.11. The van der Waals surface area contributed by atoms with E-state index < -0.39 is 4.92 Å². The smallest absolute Gasteiger partial charge is 0.271 e. The number of non-ortho nitro benzene ring substituents is 1. The van der Waals surface area contributed by atoms with Gasteiger partial charge in [0.1, 0.15) is 0 Å². The summed E-state index contributed by atoms with van der Waals surface area (Å²) in [7, 11) is 0. The molecule has 0 aliphatic heterocycles. The second-order valence-corrected chi connectivity index (χ2v) is 3.87. The van der Waals surface area contributed by atoms with E-state index in [-0.39, 0.29) is 5.69 Å². The molecule has 0 bridgehead atoms. The van der Waals surface area contributed by atoms with Crippen molar-refractivity contribution in [2.24, 2.45) is 0 Å².